The number of benzene rings is 2. The fraction of sp³-hybridized carbons (Fsp3) is 0.118. The van der Waals surface area contributed by atoms with Crippen LogP contribution in [0.5, 0.6) is 11.5 Å². The van der Waals surface area contributed by atoms with Crippen molar-refractivity contribution in [1.82, 2.24) is 0 Å². The quantitative estimate of drug-likeness (QED) is 0.771. The number of nitriles is 1. The maximum absolute atomic E-state index is 7.51. The van der Waals surface area contributed by atoms with Gasteiger partial charge in [-0.2, -0.15) is 5.26 Å². The van der Waals surface area contributed by atoms with E-state index in [-0.39, 0.29) is 0 Å². The molecule has 0 aliphatic heterocycles. The second-order valence-corrected chi connectivity index (χ2v) is 3.37. The Morgan fingerprint density at radius 2 is 1.15 bits per heavy atom. The molecule has 0 aromatic heterocycles. The van der Waals surface area contributed by atoms with Crippen molar-refractivity contribution in [2.24, 2.45) is 0 Å². The molecule has 0 spiro atoms. The molecule has 0 fully saturated rings. The molecule has 0 amide bonds. The largest absolute Gasteiger partial charge is 0.497 e. The molecule has 0 atom stereocenters. The fourth-order valence-corrected chi connectivity index (χ4v) is 1.11. The van der Waals surface area contributed by atoms with Crippen molar-refractivity contribution >= 4 is 0 Å². The van der Waals surface area contributed by atoms with Gasteiger partial charge in [0.1, 0.15) is 11.5 Å². The zero-order valence-electron chi connectivity index (χ0n) is 11.8. The molecule has 0 heterocycles. The van der Waals surface area contributed by atoms with E-state index in [9.17, 15) is 0 Å². The first-order chi connectivity index (χ1) is 9.78. The summed E-state index contributed by atoms with van der Waals surface area (Å²) in [7, 11) is 3.32. The minimum Gasteiger partial charge on any atom is -0.497 e. The SMILES string of the molecule is C=CC#N.COc1ccccc1.COc1ccccc1. The van der Waals surface area contributed by atoms with Crippen molar-refractivity contribution in [2.45, 2.75) is 0 Å². The lowest BCUT2D eigenvalue weighted by atomic mass is 10.3. The lowest BCUT2D eigenvalue weighted by Gasteiger charge is -1.93. The molecule has 0 aliphatic rings. The summed E-state index contributed by atoms with van der Waals surface area (Å²) in [6, 6.07) is 21.1. The van der Waals surface area contributed by atoms with Gasteiger partial charge in [0.15, 0.2) is 0 Å². The number of hydrogen-bond acceptors (Lipinski definition) is 3. The summed E-state index contributed by atoms with van der Waals surface area (Å²) in [6.45, 7) is 3.12. The number of para-hydroxylation sites is 2. The van der Waals surface area contributed by atoms with Crippen molar-refractivity contribution in [3.05, 3.63) is 73.3 Å². The van der Waals surface area contributed by atoms with Crippen molar-refractivity contribution < 1.29 is 9.47 Å². The highest BCUT2D eigenvalue weighted by Crippen LogP contribution is 2.06. The monoisotopic (exact) mass is 269 g/mol. The Kier molecular flexibility index (Phi) is 11.0. The number of allylic oxidation sites excluding steroid dienone is 1. The highest BCUT2D eigenvalue weighted by molar-refractivity contribution is 5.21. The van der Waals surface area contributed by atoms with E-state index in [1.165, 1.54) is 6.08 Å². The first-order valence-electron chi connectivity index (χ1n) is 5.97. The first-order valence-corrected chi connectivity index (χ1v) is 5.97. The van der Waals surface area contributed by atoms with Crippen molar-refractivity contribution in [3.8, 4) is 17.6 Å². The summed E-state index contributed by atoms with van der Waals surface area (Å²) in [4.78, 5) is 0. The molecule has 104 valence electrons. The Morgan fingerprint density at radius 1 is 0.850 bits per heavy atom. The zero-order valence-corrected chi connectivity index (χ0v) is 11.8. The summed E-state index contributed by atoms with van der Waals surface area (Å²) in [6.07, 6.45) is 1.18. The van der Waals surface area contributed by atoms with Gasteiger partial charge in [0.05, 0.1) is 20.3 Å². The zero-order chi connectivity index (χ0) is 15.1. The second-order valence-electron chi connectivity index (χ2n) is 3.37. The van der Waals surface area contributed by atoms with E-state index in [1.54, 1.807) is 20.3 Å². The second kappa shape index (κ2) is 12.7. The van der Waals surface area contributed by atoms with Crippen LogP contribution in [0, 0.1) is 11.3 Å². The Labute approximate surface area is 120 Å². The van der Waals surface area contributed by atoms with Crippen LogP contribution in [0.4, 0.5) is 0 Å². The molecule has 0 aliphatic carbocycles. The Bertz CT molecular complexity index is 450. The molecule has 0 bridgehead atoms. The summed E-state index contributed by atoms with van der Waals surface area (Å²) < 4.78 is 9.83. The molecule has 0 saturated heterocycles. The van der Waals surface area contributed by atoms with Crippen molar-refractivity contribution in [1.29, 1.82) is 5.26 Å². The molecule has 2 aromatic carbocycles. The van der Waals surface area contributed by atoms with E-state index < -0.39 is 0 Å². The molecule has 20 heavy (non-hydrogen) atoms. The van der Waals surface area contributed by atoms with E-state index >= 15 is 0 Å². The van der Waals surface area contributed by atoms with Crippen LogP contribution in [0.3, 0.4) is 0 Å². The Morgan fingerprint density at radius 3 is 1.30 bits per heavy atom. The first kappa shape index (κ1) is 17.3. The molecule has 0 radical (unpaired) electrons. The lowest BCUT2D eigenvalue weighted by molar-refractivity contribution is 0.414. The van der Waals surface area contributed by atoms with E-state index in [4.69, 9.17) is 14.7 Å². The predicted octanol–water partition coefficient (Wildman–Crippen LogP) is 4.09. The molecule has 3 heteroatoms. The topological polar surface area (TPSA) is 42.2 Å². The number of ether oxygens (including phenoxy) is 2. The molecule has 0 N–H and O–H groups in total. The highest BCUT2D eigenvalue weighted by Gasteiger charge is 1.80. The molecule has 0 saturated carbocycles. The maximum Gasteiger partial charge on any atom is 0.118 e. The van der Waals surface area contributed by atoms with E-state index in [1.807, 2.05) is 60.7 Å². The van der Waals surface area contributed by atoms with E-state index in [0.29, 0.717) is 0 Å². The van der Waals surface area contributed by atoms with Gasteiger partial charge in [0, 0.05) is 6.08 Å². The molecule has 2 aromatic rings. The van der Waals surface area contributed by atoms with Gasteiger partial charge in [-0.25, -0.2) is 0 Å². The van der Waals surface area contributed by atoms with Gasteiger partial charge in [-0.15, -0.1) is 0 Å². The number of methoxy groups -OCH3 is 2. The normalized spacial score (nSPS) is 7.65. The van der Waals surface area contributed by atoms with Crippen LogP contribution >= 0.6 is 0 Å². The maximum atomic E-state index is 7.51. The van der Waals surface area contributed by atoms with Gasteiger partial charge in [0.25, 0.3) is 0 Å². The Balaban J connectivity index is 0.000000289. The average molecular weight is 269 g/mol. The fourth-order valence-electron chi connectivity index (χ4n) is 1.11. The van der Waals surface area contributed by atoms with Gasteiger partial charge < -0.3 is 9.47 Å². The molecular formula is C17H19NO2. The Hall–Kier alpha value is -2.73. The van der Waals surface area contributed by atoms with Crippen molar-refractivity contribution in [3.63, 3.8) is 0 Å². The molecule has 0 unspecified atom stereocenters. The summed E-state index contributed by atoms with van der Waals surface area (Å²) in [5.41, 5.74) is 0. The minimum absolute atomic E-state index is 0.910. The van der Waals surface area contributed by atoms with Crippen LogP contribution in [-0.2, 0) is 0 Å². The van der Waals surface area contributed by atoms with Crippen LogP contribution in [0.2, 0.25) is 0 Å². The van der Waals surface area contributed by atoms with Crippen LogP contribution in [0.15, 0.2) is 73.3 Å². The lowest BCUT2D eigenvalue weighted by Crippen LogP contribution is -1.78. The summed E-state index contributed by atoms with van der Waals surface area (Å²) in [5.74, 6) is 1.82. The predicted molar refractivity (Wildman–Crippen MR) is 81.8 cm³/mol. The third-order valence-corrected chi connectivity index (χ3v) is 2.05. The van der Waals surface area contributed by atoms with E-state index in [0.717, 1.165) is 11.5 Å². The third-order valence-electron chi connectivity index (χ3n) is 2.05. The third kappa shape index (κ3) is 9.32. The van der Waals surface area contributed by atoms with Crippen LogP contribution in [0.1, 0.15) is 0 Å². The van der Waals surface area contributed by atoms with Gasteiger partial charge in [-0.1, -0.05) is 43.0 Å². The smallest absolute Gasteiger partial charge is 0.118 e. The standard InChI is InChI=1S/2C7H8O.C3H3N/c2*1-8-7-5-3-2-4-6-7;1-2-3-4/h2*2-6H,1H3;2H,1H2. The van der Waals surface area contributed by atoms with Gasteiger partial charge in [0.2, 0.25) is 0 Å². The highest BCUT2D eigenvalue weighted by atomic mass is 16.5. The summed E-state index contributed by atoms with van der Waals surface area (Å²) >= 11 is 0. The van der Waals surface area contributed by atoms with E-state index in [2.05, 4.69) is 6.58 Å². The minimum atomic E-state index is 0.910. The van der Waals surface area contributed by atoms with Gasteiger partial charge in [-0.3, -0.25) is 0 Å². The number of nitrogens with zero attached hydrogens (tertiary/aromatic N) is 1. The number of hydrogen-bond donors (Lipinski definition) is 0. The van der Waals surface area contributed by atoms with Crippen LogP contribution in [0.25, 0.3) is 0 Å². The van der Waals surface area contributed by atoms with Gasteiger partial charge >= 0.3 is 0 Å². The molecule has 3 nitrogen and oxygen atoms in total. The van der Waals surface area contributed by atoms with Crippen LogP contribution in [-0.4, -0.2) is 14.2 Å². The molecule has 2 rings (SSSR count). The average Bonchev–Trinajstić information content (AvgIpc) is 2.57. The summed E-state index contributed by atoms with van der Waals surface area (Å²) in [5, 5.41) is 7.51. The number of rotatable bonds is 2. The molecular weight excluding hydrogens is 250 g/mol. The van der Waals surface area contributed by atoms with Crippen LogP contribution < -0.4 is 9.47 Å². The van der Waals surface area contributed by atoms with Crippen molar-refractivity contribution in [2.75, 3.05) is 14.2 Å². The van der Waals surface area contributed by atoms with Gasteiger partial charge in [-0.05, 0) is 24.3 Å².